The summed E-state index contributed by atoms with van der Waals surface area (Å²) in [7, 11) is 0. The highest BCUT2D eigenvalue weighted by molar-refractivity contribution is 7.13. The lowest BCUT2D eigenvalue weighted by Gasteiger charge is -2.07. The van der Waals surface area contributed by atoms with E-state index < -0.39 is 5.97 Å². The number of rotatable bonds is 6. The van der Waals surface area contributed by atoms with E-state index in [1.165, 1.54) is 11.3 Å². The zero-order valence-corrected chi connectivity index (χ0v) is 16.2. The molecule has 4 rings (SSSR count). The minimum atomic E-state index is -0.498. The summed E-state index contributed by atoms with van der Waals surface area (Å²) in [5, 5.41) is 7.45. The third kappa shape index (κ3) is 4.83. The zero-order chi connectivity index (χ0) is 20.1. The molecule has 2 heterocycles. The van der Waals surface area contributed by atoms with E-state index in [0.29, 0.717) is 11.4 Å². The number of pyridine rings is 1. The van der Waals surface area contributed by atoms with Gasteiger partial charge >= 0.3 is 5.97 Å². The number of esters is 1. The van der Waals surface area contributed by atoms with Crippen molar-refractivity contribution >= 4 is 39.7 Å². The number of nitrogens with one attached hydrogen (secondary N) is 1. The number of nitrogens with zero attached hydrogens (tertiary/aromatic N) is 2. The summed E-state index contributed by atoms with van der Waals surface area (Å²) in [5.41, 5.74) is 2.16. The Balaban J connectivity index is 1.29. The van der Waals surface area contributed by atoms with Crippen LogP contribution in [0.15, 0.2) is 72.4 Å². The van der Waals surface area contributed by atoms with Gasteiger partial charge in [0.25, 0.3) is 5.91 Å². The first-order chi connectivity index (χ1) is 14.2. The Hall–Kier alpha value is -3.58. The van der Waals surface area contributed by atoms with Crippen LogP contribution in [0.5, 0.6) is 0 Å². The average Bonchev–Trinajstić information content (AvgIpc) is 3.21. The Bertz CT molecular complexity index is 1160. The molecule has 0 spiro atoms. The van der Waals surface area contributed by atoms with Crippen molar-refractivity contribution in [1.29, 1.82) is 0 Å². The van der Waals surface area contributed by atoms with Crippen molar-refractivity contribution in [2.24, 2.45) is 0 Å². The van der Waals surface area contributed by atoms with Crippen molar-refractivity contribution in [3.05, 3.63) is 78.1 Å². The molecule has 0 bridgehead atoms. The van der Waals surface area contributed by atoms with Crippen LogP contribution >= 0.6 is 11.3 Å². The van der Waals surface area contributed by atoms with E-state index in [4.69, 9.17) is 4.74 Å². The van der Waals surface area contributed by atoms with Crippen molar-refractivity contribution in [3.63, 3.8) is 0 Å². The summed E-state index contributed by atoms with van der Waals surface area (Å²) in [6, 6.07) is 17.2. The predicted octanol–water partition coefficient (Wildman–Crippen LogP) is 4.08. The monoisotopic (exact) mass is 403 g/mol. The lowest BCUT2D eigenvalue weighted by Crippen LogP contribution is -2.21. The van der Waals surface area contributed by atoms with Crippen LogP contribution in [-0.2, 0) is 20.7 Å². The molecule has 0 atom stereocenters. The number of amides is 1. The molecule has 4 aromatic rings. The highest BCUT2D eigenvalue weighted by Gasteiger charge is 2.12. The molecular formula is C22H17N3O3S. The number of hydrogen-bond acceptors (Lipinski definition) is 6. The maximum atomic E-state index is 12.1. The second-order valence-corrected chi connectivity index (χ2v) is 7.19. The minimum Gasteiger partial charge on any atom is -0.455 e. The molecule has 0 fully saturated rings. The molecule has 0 aliphatic carbocycles. The van der Waals surface area contributed by atoms with Gasteiger partial charge in [-0.25, -0.2) is 4.98 Å². The van der Waals surface area contributed by atoms with E-state index >= 15 is 0 Å². The first kappa shape index (κ1) is 18.8. The molecule has 0 saturated heterocycles. The Morgan fingerprint density at radius 3 is 2.72 bits per heavy atom. The average molecular weight is 403 g/mol. The third-order valence-corrected chi connectivity index (χ3v) is 5.12. The number of fused-ring (bicyclic) bond motifs is 1. The molecule has 2 aromatic carbocycles. The summed E-state index contributed by atoms with van der Waals surface area (Å²) < 4.78 is 5.08. The number of ether oxygens (including phenoxy) is 1. The van der Waals surface area contributed by atoms with Gasteiger partial charge in [-0.2, -0.15) is 0 Å². The van der Waals surface area contributed by atoms with Gasteiger partial charge in [0.05, 0.1) is 12.1 Å². The molecule has 29 heavy (non-hydrogen) atoms. The molecule has 0 saturated carbocycles. The minimum absolute atomic E-state index is 0.0139. The van der Waals surface area contributed by atoms with Crippen LogP contribution in [0.25, 0.3) is 21.3 Å². The second-order valence-electron chi connectivity index (χ2n) is 6.33. The summed E-state index contributed by atoms with van der Waals surface area (Å²) in [4.78, 5) is 32.6. The molecule has 144 valence electrons. The van der Waals surface area contributed by atoms with E-state index in [0.717, 1.165) is 21.3 Å². The van der Waals surface area contributed by atoms with Gasteiger partial charge in [-0.3, -0.25) is 14.6 Å². The summed E-state index contributed by atoms with van der Waals surface area (Å²) in [5.74, 6) is -0.885. The fourth-order valence-corrected chi connectivity index (χ4v) is 3.63. The van der Waals surface area contributed by atoms with E-state index in [1.54, 1.807) is 17.8 Å². The van der Waals surface area contributed by atoms with Crippen LogP contribution in [0.1, 0.15) is 5.69 Å². The topological polar surface area (TPSA) is 81.2 Å². The van der Waals surface area contributed by atoms with Gasteiger partial charge in [0, 0.05) is 29.0 Å². The molecule has 1 N–H and O–H groups in total. The molecule has 0 radical (unpaired) electrons. The first-order valence-corrected chi connectivity index (χ1v) is 9.84. The van der Waals surface area contributed by atoms with E-state index in [9.17, 15) is 9.59 Å². The van der Waals surface area contributed by atoms with Crippen LogP contribution in [0.3, 0.4) is 0 Å². The number of benzene rings is 2. The number of hydrogen-bond donors (Lipinski definition) is 1. The maximum absolute atomic E-state index is 12.1. The normalized spacial score (nSPS) is 10.6. The van der Waals surface area contributed by atoms with Crippen LogP contribution in [0.2, 0.25) is 0 Å². The Morgan fingerprint density at radius 2 is 1.90 bits per heavy atom. The van der Waals surface area contributed by atoms with Gasteiger partial charge < -0.3 is 10.1 Å². The molecule has 6 nitrogen and oxygen atoms in total. The lowest BCUT2D eigenvalue weighted by molar-refractivity contribution is -0.146. The van der Waals surface area contributed by atoms with Crippen LogP contribution in [-0.4, -0.2) is 28.5 Å². The van der Waals surface area contributed by atoms with Gasteiger partial charge in [-0.15, -0.1) is 11.3 Å². The van der Waals surface area contributed by atoms with E-state index in [-0.39, 0.29) is 18.9 Å². The molecular weight excluding hydrogens is 386 g/mol. The quantitative estimate of drug-likeness (QED) is 0.491. The molecule has 0 unspecified atom stereocenters. The maximum Gasteiger partial charge on any atom is 0.312 e. The Kier molecular flexibility index (Phi) is 5.58. The van der Waals surface area contributed by atoms with Crippen molar-refractivity contribution in [2.75, 3.05) is 11.9 Å². The van der Waals surface area contributed by atoms with Crippen LogP contribution < -0.4 is 5.32 Å². The van der Waals surface area contributed by atoms with Crippen molar-refractivity contribution in [3.8, 4) is 10.6 Å². The van der Waals surface area contributed by atoms with Gasteiger partial charge in [0.15, 0.2) is 6.61 Å². The third-order valence-electron chi connectivity index (χ3n) is 4.18. The first-order valence-electron chi connectivity index (χ1n) is 8.96. The second kappa shape index (κ2) is 8.62. The zero-order valence-electron chi connectivity index (χ0n) is 15.4. The molecule has 0 aliphatic heterocycles. The summed E-state index contributed by atoms with van der Waals surface area (Å²) >= 11 is 1.43. The van der Waals surface area contributed by atoms with E-state index in [1.807, 2.05) is 54.6 Å². The summed E-state index contributed by atoms with van der Waals surface area (Å²) in [6.45, 7) is -0.342. The Morgan fingerprint density at radius 1 is 1.03 bits per heavy atom. The van der Waals surface area contributed by atoms with Gasteiger partial charge in [0.1, 0.15) is 5.01 Å². The number of carbonyl (C=O) groups excluding carboxylic acids is 2. The smallest absolute Gasteiger partial charge is 0.312 e. The van der Waals surface area contributed by atoms with Gasteiger partial charge in [-0.1, -0.05) is 30.3 Å². The molecule has 1 amide bonds. The largest absolute Gasteiger partial charge is 0.455 e. The Labute approximate surface area is 171 Å². The fraction of sp³-hybridized carbons (Fsp3) is 0.0909. The fourth-order valence-electron chi connectivity index (χ4n) is 2.82. The standard InChI is InChI=1S/C22H17N3O3S/c26-20(24-18-8-7-15-4-1-2-5-16(15)10-18)13-28-21(27)11-19-14-29-22(25-19)17-6-3-9-23-12-17/h1-10,12,14H,11,13H2,(H,24,26). The predicted molar refractivity (Wildman–Crippen MR) is 113 cm³/mol. The highest BCUT2D eigenvalue weighted by Crippen LogP contribution is 2.23. The molecule has 7 heteroatoms. The van der Waals surface area contributed by atoms with Crippen LogP contribution in [0, 0.1) is 0 Å². The van der Waals surface area contributed by atoms with Crippen molar-refractivity contribution < 1.29 is 14.3 Å². The lowest BCUT2D eigenvalue weighted by atomic mass is 10.1. The number of aromatic nitrogens is 2. The summed E-state index contributed by atoms with van der Waals surface area (Å²) in [6.07, 6.45) is 3.43. The van der Waals surface area contributed by atoms with Crippen LogP contribution in [0.4, 0.5) is 5.69 Å². The molecule has 2 aromatic heterocycles. The highest BCUT2D eigenvalue weighted by atomic mass is 32.1. The van der Waals surface area contributed by atoms with Crippen molar-refractivity contribution in [2.45, 2.75) is 6.42 Å². The number of thiazole rings is 1. The SMILES string of the molecule is O=C(COC(=O)Cc1csc(-c2cccnc2)n1)Nc1ccc2ccccc2c1. The number of carbonyl (C=O) groups is 2. The van der Waals surface area contributed by atoms with Gasteiger partial charge in [0.2, 0.25) is 0 Å². The van der Waals surface area contributed by atoms with Crippen molar-refractivity contribution in [1.82, 2.24) is 9.97 Å². The number of anilines is 1. The van der Waals surface area contributed by atoms with Gasteiger partial charge in [-0.05, 0) is 35.0 Å². The van der Waals surface area contributed by atoms with E-state index in [2.05, 4.69) is 15.3 Å². The molecule has 0 aliphatic rings.